The first-order valence-corrected chi connectivity index (χ1v) is 2.88. The molecule has 1 aliphatic carbocycles. The highest BCUT2D eigenvalue weighted by Gasteiger charge is 2.28. The molecule has 1 unspecified atom stereocenters. The van der Waals surface area contributed by atoms with Crippen molar-refractivity contribution in [3.05, 3.63) is 23.3 Å². The summed E-state index contributed by atoms with van der Waals surface area (Å²) in [6.07, 6.45) is 5.83. The molecule has 0 radical (unpaired) electrons. The first-order valence-electron chi connectivity index (χ1n) is 2.50. The molecule has 1 nitrogen and oxygen atoms in total. The van der Waals surface area contributed by atoms with E-state index in [2.05, 4.69) is 4.99 Å². The van der Waals surface area contributed by atoms with Gasteiger partial charge in [0, 0.05) is 0 Å². The van der Waals surface area contributed by atoms with Crippen LogP contribution >= 0.6 is 11.6 Å². The van der Waals surface area contributed by atoms with Gasteiger partial charge in [-0.1, -0.05) is 23.8 Å². The van der Waals surface area contributed by atoms with Crippen molar-refractivity contribution < 1.29 is 0 Å². The third-order valence-corrected chi connectivity index (χ3v) is 1.59. The van der Waals surface area contributed by atoms with Crippen molar-refractivity contribution in [3.63, 3.8) is 0 Å². The molecular formula is C6H4ClN. The van der Waals surface area contributed by atoms with Gasteiger partial charge in [0.25, 0.3) is 0 Å². The predicted octanol–water partition coefficient (Wildman–Crippen LogP) is 1.50. The highest BCUT2D eigenvalue weighted by Crippen LogP contribution is 2.26. The first-order chi connectivity index (χ1) is 3.88. The largest absolute Gasteiger partial charge is 0.272 e. The molecule has 0 fully saturated rings. The van der Waals surface area contributed by atoms with Crippen LogP contribution in [0.5, 0.6) is 0 Å². The van der Waals surface area contributed by atoms with Crippen LogP contribution in [-0.4, -0.2) is 11.8 Å². The van der Waals surface area contributed by atoms with Crippen molar-refractivity contribution in [3.8, 4) is 0 Å². The number of halogens is 1. The van der Waals surface area contributed by atoms with Gasteiger partial charge < -0.3 is 0 Å². The number of fused-ring (bicyclic) bond motifs is 1. The Morgan fingerprint density at radius 3 is 3.12 bits per heavy atom. The van der Waals surface area contributed by atoms with E-state index < -0.39 is 0 Å². The summed E-state index contributed by atoms with van der Waals surface area (Å²) in [5.41, 5.74) is 1.05. The molecule has 40 valence electrons. The Balaban J connectivity index is 2.40. The van der Waals surface area contributed by atoms with E-state index in [-0.39, 0.29) is 0 Å². The van der Waals surface area contributed by atoms with Gasteiger partial charge in [-0.25, -0.2) is 0 Å². The highest BCUT2D eigenvalue weighted by atomic mass is 35.5. The third kappa shape index (κ3) is 0.450. The summed E-state index contributed by atoms with van der Waals surface area (Å²) in [5, 5.41) is 0.803. The van der Waals surface area contributed by atoms with Crippen molar-refractivity contribution in [2.75, 3.05) is 0 Å². The number of nitrogens with zero attached hydrogens (tertiary/aromatic N) is 1. The molecular weight excluding hydrogens is 122 g/mol. The smallest absolute Gasteiger partial charge is 0.112 e. The lowest BCUT2D eigenvalue weighted by Gasteiger charge is -1.91. The number of aliphatic imine (C=N–C) groups is 1. The lowest BCUT2D eigenvalue weighted by molar-refractivity contribution is 1.28. The molecule has 0 N–H and O–H groups in total. The molecule has 0 amide bonds. The summed E-state index contributed by atoms with van der Waals surface area (Å²) in [5.74, 6) is 0. The molecule has 8 heavy (non-hydrogen) atoms. The summed E-state index contributed by atoms with van der Waals surface area (Å²) >= 11 is 5.69. The summed E-state index contributed by atoms with van der Waals surface area (Å²) in [6.45, 7) is 0. The van der Waals surface area contributed by atoms with Gasteiger partial charge in [0.2, 0.25) is 0 Å². The minimum atomic E-state index is 0.340. The van der Waals surface area contributed by atoms with Crippen LogP contribution in [0.3, 0.4) is 0 Å². The van der Waals surface area contributed by atoms with Crippen molar-refractivity contribution >= 4 is 17.3 Å². The van der Waals surface area contributed by atoms with Gasteiger partial charge in [-0.15, -0.1) is 0 Å². The van der Waals surface area contributed by atoms with Crippen LogP contribution < -0.4 is 0 Å². The van der Waals surface area contributed by atoms with Crippen molar-refractivity contribution in [1.29, 1.82) is 0 Å². The number of hydrogen-bond donors (Lipinski definition) is 0. The molecule has 2 aliphatic rings. The highest BCUT2D eigenvalue weighted by molar-refractivity contribution is 6.47. The SMILES string of the molecule is ClC1=CC=CC2N=C12. The van der Waals surface area contributed by atoms with E-state index in [1.807, 2.05) is 18.2 Å². The molecule has 0 aromatic rings. The summed E-state index contributed by atoms with van der Waals surface area (Å²) < 4.78 is 0. The standard InChI is InChI=1S/C6H4ClN/c7-4-2-1-3-5-6(4)8-5/h1-3,5H. The maximum absolute atomic E-state index is 5.69. The van der Waals surface area contributed by atoms with Crippen LogP contribution in [0.15, 0.2) is 28.3 Å². The summed E-state index contributed by atoms with van der Waals surface area (Å²) in [4.78, 5) is 4.06. The molecule has 0 spiro atoms. The third-order valence-electron chi connectivity index (χ3n) is 1.27. The van der Waals surface area contributed by atoms with Gasteiger partial charge in [0.05, 0.1) is 10.7 Å². The maximum atomic E-state index is 5.69. The zero-order valence-electron chi connectivity index (χ0n) is 4.13. The van der Waals surface area contributed by atoms with E-state index in [0.29, 0.717) is 6.04 Å². The normalized spacial score (nSPS) is 30.9. The summed E-state index contributed by atoms with van der Waals surface area (Å²) in [7, 11) is 0. The van der Waals surface area contributed by atoms with Crippen LogP contribution in [-0.2, 0) is 0 Å². The molecule has 1 aliphatic heterocycles. The fourth-order valence-corrected chi connectivity index (χ4v) is 1.01. The molecule has 2 heteroatoms. The fraction of sp³-hybridized carbons (Fsp3) is 0.167. The summed E-state index contributed by atoms with van der Waals surface area (Å²) in [6, 6.07) is 0.340. The van der Waals surface area contributed by atoms with Crippen molar-refractivity contribution in [1.82, 2.24) is 0 Å². The Kier molecular flexibility index (Phi) is 0.667. The fourth-order valence-electron chi connectivity index (χ4n) is 0.780. The van der Waals surface area contributed by atoms with Crippen molar-refractivity contribution in [2.45, 2.75) is 6.04 Å². The second-order valence-corrected chi connectivity index (χ2v) is 2.27. The van der Waals surface area contributed by atoms with Crippen molar-refractivity contribution in [2.24, 2.45) is 4.99 Å². The molecule has 2 rings (SSSR count). The lowest BCUT2D eigenvalue weighted by atomic mass is 10.2. The number of allylic oxidation sites excluding steroid dienone is 2. The van der Waals surface area contributed by atoms with E-state index in [4.69, 9.17) is 11.6 Å². The van der Waals surface area contributed by atoms with Crippen LogP contribution in [0.1, 0.15) is 0 Å². The van der Waals surface area contributed by atoms with E-state index in [9.17, 15) is 0 Å². The zero-order chi connectivity index (χ0) is 5.56. The second kappa shape index (κ2) is 1.23. The predicted molar refractivity (Wildman–Crippen MR) is 34.3 cm³/mol. The Hall–Kier alpha value is -0.560. The zero-order valence-corrected chi connectivity index (χ0v) is 4.89. The Morgan fingerprint density at radius 2 is 2.50 bits per heavy atom. The molecule has 0 bridgehead atoms. The maximum Gasteiger partial charge on any atom is 0.112 e. The van der Waals surface area contributed by atoms with Gasteiger partial charge >= 0.3 is 0 Å². The van der Waals surface area contributed by atoms with Crippen LogP contribution in [0.4, 0.5) is 0 Å². The molecule has 0 aromatic carbocycles. The average Bonchev–Trinajstić information content (AvgIpc) is 2.45. The van der Waals surface area contributed by atoms with Gasteiger partial charge in [-0.05, 0) is 6.08 Å². The monoisotopic (exact) mass is 125 g/mol. The van der Waals surface area contributed by atoms with E-state index in [1.165, 1.54) is 0 Å². The van der Waals surface area contributed by atoms with E-state index in [1.54, 1.807) is 0 Å². The van der Waals surface area contributed by atoms with Gasteiger partial charge in [0.1, 0.15) is 6.04 Å². The van der Waals surface area contributed by atoms with Gasteiger partial charge in [-0.2, -0.15) is 0 Å². The molecule has 1 atom stereocenters. The van der Waals surface area contributed by atoms with Gasteiger partial charge in [-0.3, -0.25) is 4.99 Å². The second-order valence-electron chi connectivity index (χ2n) is 1.86. The van der Waals surface area contributed by atoms with Crippen LogP contribution in [0.25, 0.3) is 0 Å². The first kappa shape index (κ1) is 4.33. The Bertz CT molecular complexity index is 213. The average molecular weight is 126 g/mol. The van der Waals surface area contributed by atoms with Crippen LogP contribution in [0, 0.1) is 0 Å². The lowest BCUT2D eigenvalue weighted by Crippen LogP contribution is -1.95. The molecule has 0 aromatic heterocycles. The molecule has 0 saturated heterocycles. The van der Waals surface area contributed by atoms with Gasteiger partial charge in [0.15, 0.2) is 0 Å². The Morgan fingerprint density at radius 1 is 1.62 bits per heavy atom. The quantitative estimate of drug-likeness (QED) is 0.465. The number of rotatable bonds is 0. The van der Waals surface area contributed by atoms with E-state index in [0.717, 1.165) is 10.7 Å². The molecule has 0 saturated carbocycles. The van der Waals surface area contributed by atoms with Crippen LogP contribution in [0.2, 0.25) is 0 Å². The Labute approximate surface area is 52.4 Å². The van der Waals surface area contributed by atoms with E-state index >= 15 is 0 Å². The molecule has 1 heterocycles. The topological polar surface area (TPSA) is 12.4 Å². The minimum Gasteiger partial charge on any atom is -0.272 e. The number of hydrogen-bond acceptors (Lipinski definition) is 1. The minimum absolute atomic E-state index is 0.340.